The maximum atomic E-state index is 4.85. The van der Waals surface area contributed by atoms with Gasteiger partial charge in [0, 0.05) is 33.5 Å². The lowest BCUT2D eigenvalue weighted by Gasteiger charge is -2.16. The number of halogens is 1. The third-order valence-electron chi connectivity index (χ3n) is 4.15. The summed E-state index contributed by atoms with van der Waals surface area (Å²) in [6.07, 6.45) is 6.67. The van der Waals surface area contributed by atoms with E-state index in [-0.39, 0.29) is 0 Å². The summed E-state index contributed by atoms with van der Waals surface area (Å²) < 4.78 is 1.06. The van der Waals surface area contributed by atoms with E-state index in [4.69, 9.17) is 4.98 Å². The number of benzene rings is 1. The summed E-state index contributed by atoms with van der Waals surface area (Å²) in [7, 11) is 2.02. The van der Waals surface area contributed by atoms with E-state index in [2.05, 4.69) is 51.4 Å². The number of aromatic nitrogens is 2. The summed E-state index contributed by atoms with van der Waals surface area (Å²) in [6, 6.07) is 6.69. The zero-order valence-corrected chi connectivity index (χ0v) is 14.1. The first kappa shape index (κ1) is 14.7. The largest absolute Gasteiger partial charge is 0.313 e. The van der Waals surface area contributed by atoms with Crippen molar-refractivity contribution in [2.24, 2.45) is 0 Å². The Labute approximate surface area is 134 Å². The minimum atomic E-state index is 0.387. The van der Waals surface area contributed by atoms with Gasteiger partial charge in [-0.3, -0.25) is 0 Å². The number of hydrogen-bond donors (Lipinski definition) is 1. The maximum Gasteiger partial charge on any atom is 0.160 e. The third-order valence-corrected chi connectivity index (χ3v) is 4.80. The van der Waals surface area contributed by atoms with Gasteiger partial charge in [0.25, 0.3) is 0 Å². The van der Waals surface area contributed by atoms with Crippen molar-refractivity contribution >= 4 is 15.9 Å². The van der Waals surface area contributed by atoms with Crippen LogP contribution < -0.4 is 5.32 Å². The minimum Gasteiger partial charge on any atom is -0.313 e. The summed E-state index contributed by atoms with van der Waals surface area (Å²) in [6.45, 7) is 2.09. The third kappa shape index (κ3) is 3.01. The van der Waals surface area contributed by atoms with Gasteiger partial charge >= 0.3 is 0 Å². The van der Waals surface area contributed by atoms with Crippen LogP contribution in [-0.4, -0.2) is 17.0 Å². The molecular formula is C17H20BrN3. The Morgan fingerprint density at radius 2 is 2.14 bits per heavy atom. The van der Waals surface area contributed by atoms with Crippen molar-refractivity contribution < 1.29 is 0 Å². The van der Waals surface area contributed by atoms with E-state index in [0.29, 0.717) is 6.04 Å². The van der Waals surface area contributed by atoms with E-state index in [9.17, 15) is 0 Å². The Kier molecular flexibility index (Phi) is 4.36. The molecule has 3 nitrogen and oxygen atoms in total. The molecule has 1 aromatic carbocycles. The molecule has 0 saturated carbocycles. The van der Waals surface area contributed by atoms with Crippen molar-refractivity contribution in [3.63, 3.8) is 0 Å². The van der Waals surface area contributed by atoms with Crippen LogP contribution >= 0.6 is 15.9 Å². The molecule has 1 aliphatic rings. The zero-order chi connectivity index (χ0) is 14.8. The molecule has 1 atom stereocenters. The van der Waals surface area contributed by atoms with Crippen molar-refractivity contribution in [2.75, 3.05) is 7.05 Å². The molecule has 3 rings (SSSR count). The second kappa shape index (κ2) is 6.24. The first-order chi connectivity index (χ1) is 10.2. The fraction of sp³-hybridized carbons (Fsp3) is 0.412. The van der Waals surface area contributed by atoms with Gasteiger partial charge in [-0.1, -0.05) is 28.4 Å². The van der Waals surface area contributed by atoms with Crippen LogP contribution in [0.5, 0.6) is 0 Å². The molecule has 21 heavy (non-hydrogen) atoms. The molecule has 1 aromatic heterocycles. The molecule has 0 amide bonds. The summed E-state index contributed by atoms with van der Waals surface area (Å²) >= 11 is 3.63. The predicted molar refractivity (Wildman–Crippen MR) is 89.3 cm³/mol. The number of fused-ring (bicyclic) bond motifs is 1. The van der Waals surface area contributed by atoms with Crippen LogP contribution in [0.3, 0.4) is 0 Å². The van der Waals surface area contributed by atoms with Crippen molar-refractivity contribution in [1.82, 2.24) is 15.3 Å². The van der Waals surface area contributed by atoms with Crippen LogP contribution in [0.15, 0.2) is 28.9 Å². The molecule has 4 heteroatoms. The standard InChI is InChI=1S/C17H20BrN3/c1-11-7-8-12(14(18)9-11)17-20-10-13-15(19-2)5-3-4-6-16(13)21-17/h7-10,15,19H,3-6H2,1-2H3. The van der Waals surface area contributed by atoms with E-state index in [1.54, 1.807) is 0 Å². The minimum absolute atomic E-state index is 0.387. The van der Waals surface area contributed by atoms with Gasteiger partial charge in [0.1, 0.15) is 0 Å². The lowest BCUT2D eigenvalue weighted by molar-refractivity contribution is 0.532. The normalized spacial score (nSPS) is 18.1. The van der Waals surface area contributed by atoms with Crippen molar-refractivity contribution in [3.05, 3.63) is 45.7 Å². The van der Waals surface area contributed by atoms with Gasteiger partial charge in [0.05, 0.1) is 0 Å². The fourth-order valence-corrected chi connectivity index (χ4v) is 3.62. The molecule has 110 valence electrons. The zero-order valence-electron chi connectivity index (χ0n) is 12.5. The Morgan fingerprint density at radius 3 is 2.90 bits per heavy atom. The smallest absolute Gasteiger partial charge is 0.160 e. The molecule has 0 fully saturated rings. The Morgan fingerprint density at radius 1 is 1.29 bits per heavy atom. The molecule has 0 radical (unpaired) electrons. The van der Waals surface area contributed by atoms with Gasteiger partial charge in [-0.15, -0.1) is 0 Å². The monoisotopic (exact) mass is 345 g/mol. The van der Waals surface area contributed by atoms with Gasteiger partial charge in [0.2, 0.25) is 0 Å². The van der Waals surface area contributed by atoms with E-state index >= 15 is 0 Å². The molecule has 1 aliphatic carbocycles. The topological polar surface area (TPSA) is 37.8 Å². The first-order valence-corrected chi connectivity index (χ1v) is 8.28. The molecule has 1 heterocycles. The fourth-order valence-electron chi connectivity index (χ4n) is 2.95. The highest BCUT2D eigenvalue weighted by Gasteiger charge is 2.20. The van der Waals surface area contributed by atoms with E-state index in [0.717, 1.165) is 22.3 Å². The Hall–Kier alpha value is -1.26. The average molecular weight is 346 g/mol. The van der Waals surface area contributed by atoms with Crippen LogP contribution in [0.4, 0.5) is 0 Å². The van der Waals surface area contributed by atoms with E-state index in [1.807, 2.05) is 13.2 Å². The average Bonchev–Trinajstić information content (AvgIpc) is 2.68. The van der Waals surface area contributed by atoms with Crippen molar-refractivity contribution in [1.29, 1.82) is 0 Å². The molecule has 0 aliphatic heterocycles. The Bertz CT molecular complexity index is 654. The van der Waals surface area contributed by atoms with Crippen molar-refractivity contribution in [3.8, 4) is 11.4 Å². The van der Waals surface area contributed by atoms with E-state index < -0.39 is 0 Å². The number of nitrogens with zero attached hydrogens (tertiary/aromatic N) is 2. The van der Waals surface area contributed by atoms with Crippen LogP contribution in [0, 0.1) is 6.92 Å². The van der Waals surface area contributed by atoms with Gasteiger partial charge in [-0.2, -0.15) is 0 Å². The van der Waals surface area contributed by atoms with Crippen LogP contribution in [0.2, 0.25) is 0 Å². The number of aryl methyl sites for hydroxylation is 2. The lowest BCUT2D eigenvalue weighted by atomic mass is 10.0. The van der Waals surface area contributed by atoms with Gasteiger partial charge < -0.3 is 5.32 Å². The van der Waals surface area contributed by atoms with Crippen LogP contribution in [-0.2, 0) is 6.42 Å². The molecule has 1 unspecified atom stereocenters. The highest BCUT2D eigenvalue weighted by molar-refractivity contribution is 9.10. The summed E-state index contributed by atoms with van der Waals surface area (Å²) in [5.74, 6) is 0.817. The molecule has 0 saturated heterocycles. The lowest BCUT2D eigenvalue weighted by Crippen LogP contribution is -2.17. The van der Waals surface area contributed by atoms with Gasteiger partial charge in [-0.25, -0.2) is 9.97 Å². The van der Waals surface area contributed by atoms with E-state index in [1.165, 1.54) is 36.1 Å². The quantitative estimate of drug-likeness (QED) is 0.828. The van der Waals surface area contributed by atoms with Gasteiger partial charge in [0.15, 0.2) is 5.82 Å². The second-order valence-corrected chi connectivity index (χ2v) is 6.52. The molecule has 1 N–H and O–H groups in total. The second-order valence-electron chi connectivity index (χ2n) is 5.67. The predicted octanol–water partition coefficient (Wildman–Crippen LogP) is 4.20. The first-order valence-electron chi connectivity index (χ1n) is 7.48. The molecule has 2 aromatic rings. The molecule has 0 spiro atoms. The van der Waals surface area contributed by atoms with Crippen LogP contribution in [0.25, 0.3) is 11.4 Å². The number of rotatable bonds is 2. The number of nitrogens with one attached hydrogen (secondary N) is 1. The summed E-state index contributed by atoms with van der Waals surface area (Å²) in [5, 5.41) is 3.39. The maximum absolute atomic E-state index is 4.85. The highest BCUT2D eigenvalue weighted by Crippen LogP contribution is 2.31. The number of hydrogen-bond acceptors (Lipinski definition) is 3. The Balaban J connectivity index is 2.04. The van der Waals surface area contributed by atoms with Crippen LogP contribution in [0.1, 0.15) is 42.1 Å². The van der Waals surface area contributed by atoms with Crippen molar-refractivity contribution in [2.45, 2.75) is 38.6 Å². The summed E-state index contributed by atoms with van der Waals surface area (Å²) in [5.41, 5.74) is 4.76. The SMILES string of the molecule is CNC1CCCCc2nc(-c3ccc(C)cc3Br)ncc21. The van der Waals surface area contributed by atoms with Gasteiger partial charge in [-0.05, 0) is 50.9 Å². The molecule has 0 bridgehead atoms. The highest BCUT2D eigenvalue weighted by atomic mass is 79.9. The molecular weight excluding hydrogens is 326 g/mol. The summed E-state index contributed by atoms with van der Waals surface area (Å²) in [4.78, 5) is 9.46.